The smallest absolute Gasteiger partial charge is 0.403 e. The van der Waals surface area contributed by atoms with E-state index in [0.29, 0.717) is 37.4 Å². The maximum absolute atomic E-state index is 13.7. The van der Waals surface area contributed by atoms with Crippen molar-refractivity contribution in [3.63, 3.8) is 0 Å². The van der Waals surface area contributed by atoms with Crippen molar-refractivity contribution < 1.29 is 45.3 Å². The van der Waals surface area contributed by atoms with Crippen LogP contribution >= 0.6 is 0 Å². The number of ketones is 2. The van der Waals surface area contributed by atoms with Crippen LogP contribution in [0.3, 0.4) is 0 Å². The molecule has 0 aromatic heterocycles. The summed E-state index contributed by atoms with van der Waals surface area (Å²) >= 11 is 0. The lowest BCUT2D eigenvalue weighted by atomic mass is 9.44. The summed E-state index contributed by atoms with van der Waals surface area (Å²) in [6.07, 6.45) is 4.08. The molecule has 0 amide bonds. The molecule has 0 bridgehead atoms. The molecule has 1 N–H and O–H groups in total. The van der Waals surface area contributed by atoms with Gasteiger partial charge in [-0.3, -0.25) is 18.9 Å². The molecule has 0 radical (unpaired) electrons. The Kier molecular flexibility index (Phi) is 6.70. The number of hydrogen-bond acceptors (Lipinski definition) is 6. The number of hydrogen-bond donors (Lipinski definition) is 1. The van der Waals surface area contributed by atoms with Crippen LogP contribution in [-0.4, -0.2) is 48.5 Å². The molecule has 11 heteroatoms. The van der Waals surface area contributed by atoms with Crippen molar-refractivity contribution in [2.45, 2.75) is 103 Å². The fourth-order valence-electron chi connectivity index (χ4n) is 9.97. The molecular formula is C28H39F3O7S. The molecular weight excluding hydrogens is 537 g/mol. The van der Waals surface area contributed by atoms with Gasteiger partial charge in [0.1, 0.15) is 18.2 Å². The first-order valence-corrected chi connectivity index (χ1v) is 15.5. The first-order chi connectivity index (χ1) is 17.9. The van der Waals surface area contributed by atoms with E-state index in [9.17, 15) is 36.0 Å². The molecule has 5 rings (SSSR count). The maximum atomic E-state index is 13.7. The Bertz CT molecular complexity index is 1190. The van der Waals surface area contributed by atoms with Gasteiger partial charge < -0.3 is 4.74 Å². The number of carbonyl (C=O) groups excluding carboxylic acids is 3. The summed E-state index contributed by atoms with van der Waals surface area (Å²) in [6.45, 7) is 5.23. The van der Waals surface area contributed by atoms with Crippen molar-refractivity contribution in [1.82, 2.24) is 0 Å². The van der Waals surface area contributed by atoms with Crippen LogP contribution < -0.4 is 0 Å². The van der Waals surface area contributed by atoms with Gasteiger partial charge in [0.2, 0.25) is 6.17 Å². The van der Waals surface area contributed by atoms with Crippen molar-refractivity contribution in [1.29, 1.82) is 0 Å². The normalized spacial score (nSPS) is 44.4. The van der Waals surface area contributed by atoms with Crippen molar-refractivity contribution in [2.75, 3.05) is 6.61 Å². The zero-order valence-electron chi connectivity index (χ0n) is 22.8. The van der Waals surface area contributed by atoms with E-state index in [1.165, 1.54) is 0 Å². The van der Waals surface area contributed by atoms with Crippen LogP contribution in [-0.2, 0) is 29.2 Å². The number of Topliss-reactive ketones (excluding diaryl/α,β-unsaturated/α-hetero) is 2. The monoisotopic (exact) mass is 576 g/mol. The van der Waals surface area contributed by atoms with Crippen LogP contribution in [0.1, 0.15) is 91.4 Å². The quantitative estimate of drug-likeness (QED) is 0.322. The highest BCUT2D eigenvalue weighted by molar-refractivity contribution is 7.86. The van der Waals surface area contributed by atoms with Gasteiger partial charge in [-0.1, -0.05) is 20.8 Å². The van der Waals surface area contributed by atoms with Gasteiger partial charge in [-0.25, -0.2) is 4.39 Å². The zero-order chi connectivity index (χ0) is 28.8. The highest BCUT2D eigenvalue weighted by atomic mass is 32.2. The van der Waals surface area contributed by atoms with Gasteiger partial charge in [0.15, 0.2) is 0 Å². The van der Waals surface area contributed by atoms with Gasteiger partial charge in [-0.05, 0) is 84.4 Å². The standard InChI is InChI=1S/C28H39F3O7S/c1-24(8-7-22(34)38-14-21(29)28(30,31)39(35,36)37)15-27(24)11-6-19-23-18(5-10-26(19,27)3)25(2)9-4-17(32)12-16(25)13-20(23)33/h16,18-19,21,23H,4-15H2,1-3H3,(H,35,36,37)/t16-,18-,19-,21?,23+,24-,25-,26-,27-/m0/s1. The van der Waals surface area contributed by atoms with Crippen LogP contribution in [0.2, 0.25) is 0 Å². The predicted octanol–water partition coefficient (Wildman–Crippen LogP) is 5.32. The Morgan fingerprint density at radius 1 is 1.10 bits per heavy atom. The number of fused-ring (bicyclic) bond motifs is 6. The largest absolute Gasteiger partial charge is 0.462 e. The van der Waals surface area contributed by atoms with E-state index in [4.69, 9.17) is 4.55 Å². The number of carbonyl (C=O) groups is 3. The highest BCUT2D eigenvalue weighted by Gasteiger charge is 2.77. The molecule has 0 heterocycles. The Morgan fingerprint density at radius 3 is 2.44 bits per heavy atom. The lowest BCUT2D eigenvalue weighted by Crippen LogP contribution is -2.57. The van der Waals surface area contributed by atoms with Gasteiger partial charge in [0.25, 0.3) is 0 Å². The van der Waals surface area contributed by atoms with E-state index >= 15 is 0 Å². The van der Waals surface area contributed by atoms with Gasteiger partial charge in [0, 0.05) is 31.6 Å². The summed E-state index contributed by atoms with van der Waals surface area (Å²) in [5, 5.41) is -5.06. The second-order valence-corrected chi connectivity index (χ2v) is 15.4. The van der Waals surface area contributed by atoms with Crippen molar-refractivity contribution in [3.05, 3.63) is 0 Å². The second kappa shape index (κ2) is 9.00. The highest BCUT2D eigenvalue weighted by Crippen LogP contribution is 2.84. The lowest BCUT2D eigenvalue weighted by Gasteiger charge is -2.59. The molecule has 5 fully saturated rings. The maximum Gasteiger partial charge on any atom is 0.403 e. The molecule has 5 saturated carbocycles. The third kappa shape index (κ3) is 4.14. The molecule has 0 aliphatic heterocycles. The lowest BCUT2D eigenvalue weighted by molar-refractivity contribution is -0.159. The van der Waals surface area contributed by atoms with Gasteiger partial charge >= 0.3 is 21.3 Å². The minimum atomic E-state index is -5.97. The predicted molar refractivity (Wildman–Crippen MR) is 134 cm³/mol. The van der Waals surface area contributed by atoms with Crippen LogP contribution in [0.5, 0.6) is 0 Å². The van der Waals surface area contributed by atoms with E-state index < -0.39 is 34.1 Å². The molecule has 0 aromatic carbocycles. The van der Waals surface area contributed by atoms with Crippen LogP contribution in [0.25, 0.3) is 0 Å². The number of halogens is 3. The van der Waals surface area contributed by atoms with Crippen molar-refractivity contribution in [3.8, 4) is 0 Å². The molecule has 0 aromatic rings. The summed E-state index contributed by atoms with van der Waals surface area (Å²) in [5.41, 5.74) is -0.313. The van der Waals surface area contributed by atoms with Gasteiger partial charge in [0.05, 0.1) is 0 Å². The molecule has 0 saturated heterocycles. The Morgan fingerprint density at radius 2 is 1.77 bits per heavy atom. The van der Waals surface area contributed by atoms with E-state index in [1.54, 1.807) is 0 Å². The fraction of sp³-hybridized carbons (Fsp3) is 0.893. The van der Waals surface area contributed by atoms with Crippen LogP contribution in [0, 0.1) is 45.3 Å². The Balaban J connectivity index is 1.24. The topological polar surface area (TPSA) is 115 Å². The third-order valence-electron chi connectivity index (χ3n) is 12.4. The molecule has 7 nitrogen and oxygen atoms in total. The van der Waals surface area contributed by atoms with Gasteiger partial charge in [-0.15, -0.1) is 0 Å². The van der Waals surface area contributed by atoms with E-state index in [-0.39, 0.29) is 51.6 Å². The molecule has 220 valence electrons. The van der Waals surface area contributed by atoms with Crippen LogP contribution in [0.4, 0.5) is 13.2 Å². The minimum Gasteiger partial charge on any atom is -0.462 e. The van der Waals surface area contributed by atoms with E-state index in [2.05, 4.69) is 25.5 Å². The summed E-state index contributed by atoms with van der Waals surface area (Å²) in [6, 6.07) is 0. The van der Waals surface area contributed by atoms with Crippen LogP contribution in [0.15, 0.2) is 0 Å². The van der Waals surface area contributed by atoms with Crippen molar-refractivity contribution in [2.24, 2.45) is 45.3 Å². The summed E-state index contributed by atoms with van der Waals surface area (Å²) < 4.78 is 75.0. The summed E-state index contributed by atoms with van der Waals surface area (Å²) in [4.78, 5) is 38.0. The first-order valence-electron chi connectivity index (χ1n) is 14.1. The average Bonchev–Trinajstić information content (AvgIpc) is 3.35. The summed E-state index contributed by atoms with van der Waals surface area (Å²) in [7, 11) is -5.97. The molecule has 9 atom stereocenters. The SMILES string of the molecule is C[C@]12CCC(=O)C[C@H]1CC(=O)[C@@H]1[C@@H]2CC[C@@]2(C)[C@H]1CC[C@@]21C[C@]1(C)CCC(=O)OCC(F)C(F)(F)S(=O)(=O)O. The number of alkyl halides is 3. The third-order valence-corrected chi connectivity index (χ3v) is 13.3. The van der Waals surface area contributed by atoms with Crippen molar-refractivity contribution >= 4 is 27.7 Å². The second-order valence-electron chi connectivity index (χ2n) is 13.9. The molecule has 39 heavy (non-hydrogen) atoms. The summed E-state index contributed by atoms with van der Waals surface area (Å²) in [5.74, 6) is 0.361. The average molecular weight is 577 g/mol. The zero-order valence-corrected chi connectivity index (χ0v) is 23.6. The number of ether oxygens (including phenoxy) is 1. The Hall–Kier alpha value is -1.49. The first kappa shape index (κ1) is 29.0. The number of esters is 1. The molecule has 1 unspecified atom stereocenters. The molecule has 5 aliphatic carbocycles. The number of rotatable bonds is 7. The van der Waals surface area contributed by atoms with Gasteiger partial charge in [-0.2, -0.15) is 17.2 Å². The molecule has 5 aliphatic rings. The van der Waals surface area contributed by atoms with E-state index in [0.717, 1.165) is 38.5 Å². The fourth-order valence-corrected chi connectivity index (χ4v) is 10.4. The Labute approximate surface area is 227 Å². The minimum absolute atomic E-state index is 0.00153. The molecule has 1 spiro atoms. The van der Waals surface area contributed by atoms with E-state index in [1.807, 2.05) is 0 Å².